The van der Waals surface area contributed by atoms with Gasteiger partial charge in [0.15, 0.2) is 5.65 Å². The van der Waals surface area contributed by atoms with Gasteiger partial charge in [-0.3, -0.25) is 14.4 Å². The minimum Gasteiger partial charge on any atom is -0.319 e. The highest BCUT2D eigenvalue weighted by Crippen LogP contribution is 2.29. The molecule has 9 nitrogen and oxygen atoms in total. The first-order chi connectivity index (χ1) is 16.5. The van der Waals surface area contributed by atoms with Gasteiger partial charge in [0, 0.05) is 62.8 Å². The van der Waals surface area contributed by atoms with Crippen LogP contribution in [0.3, 0.4) is 0 Å². The summed E-state index contributed by atoms with van der Waals surface area (Å²) >= 11 is 0. The van der Waals surface area contributed by atoms with Crippen LogP contribution in [0, 0.1) is 5.82 Å². The number of carbonyl (C=O) groups is 1. The van der Waals surface area contributed by atoms with Crippen molar-refractivity contribution in [3.63, 3.8) is 0 Å². The van der Waals surface area contributed by atoms with Gasteiger partial charge in [-0.2, -0.15) is 10.2 Å². The molecular weight excluding hydrogens is 442 g/mol. The molecule has 34 heavy (non-hydrogen) atoms. The van der Waals surface area contributed by atoms with Gasteiger partial charge in [-0.25, -0.2) is 18.3 Å². The van der Waals surface area contributed by atoms with E-state index in [-0.39, 0.29) is 17.3 Å². The third-order valence-corrected chi connectivity index (χ3v) is 6.70. The molecule has 176 valence electrons. The number of fused-ring (bicyclic) bond motifs is 2. The van der Waals surface area contributed by atoms with E-state index in [2.05, 4.69) is 30.7 Å². The van der Waals surface area contributed by atoms with Crippen molar-refractivity contribution in [2.45, 2.75) is 24.6 Å². The van der Waals surface area contributed by atoms with Gasteiger partial charge in [0.25, 0.3) is 5.91 Å². The van der Waals surface area contributed by atoms with Gasteiger partial charge in [-0.15, -0.1) is 0 Å². The summed E-state index contributed by atoms with van der Waals surface area (Å²) in [6.45, 7) is 2.92. The molecule has 0 aliphatic carbocycles. The maximum atomic E-state index is 14.8. The molecule has 6 rings (SSSR count). The first-order valence-electron chi connectivity index (χ1n) is 11.4. The van der Waals surface area contributed by atoms with Crippen molar-refractivity contribution in [3.8, 4) is 0 Å². The molecule has 0 spiro atoms. The van der Waals surface area contributed by atoms with Crippen molar-refractivity contribution in [3.05, 3.63) is 54.4 Å². The number of benzene rings is 1. The Balaban J connectivity index is 1.17. The largest absolute Gasteiger partial charge is 0.319 e. The number of anilines is 1. The zero-order valence-electron chi connectivity index (χ0n) is 18.4. The number of nitrogens with zero attached hydrogens (tertiary/aromatic N) is 6. The van der Waals surface area contributed by atoms with Crippen LogP contribution in [0.5, 0.6) is 0 Å². The fraction of sp³-hybridized carbons (Fsp3) is 0.391. The fourth-order valence-corrected chi connectivity index (χ4v) is 4.78. The quantitative estimate of drug-likeness (QED) is 0.469. The van der Waals surface area contributed by atoms with Crippen LogP contribution in [-0.4, -0.2) is 73.6 Å². The first kappa shape index (κ1) is 21.1. The second-order valence-electron chi connectivity index (χ2n) is 9.16. The molecule has 2 aliphatic heterocycles. The van der Waals surface area contributed by atoms with E-state index in [1.54, 1.807) is 24.5 Å². The van der Waals surface area contributed by atoms with Crippen LogP contribution < -0.4 is 10.6 Å². The van der Waals surface area contributed by atoms with E-state index in [4.69, 9.17) is 0 Å². The smallest absolute Gasteiger partial charge is 0.261 e. The third-order valence-electron chi connectivity index (χ3n) is 6.70. The number of rotatable bonds is 5. The zero-order chi connectivity index (χ0) is 23.3. The SMILES string of the molecule is O=C(Nc1cc2cn(C3CCN(CC4(F)CNC4)CC3)nc2cc1F)c1cnn2cccnc12. The zero-order valence-corrected chi connectivity index (χ0v) is 18.4. The van der Waals surface area contributed by atoms with E-state index in [9.17, 15) is 13.6 Å². The van der Waals surface area contributed by atoms with E-state index in [0.717, 1.165) is 31.3 Å². The lowest BCUT2D eigenvalue weighted by molar-refractivity contribution is 0.0298. The van der Waals surface area contributed by atoms with Gasteiger partial charge in [0.1, 0.15) is 17.0 Å². The second-order valence-corrected chi connectivity index (χ2v) is 9.16. The topological polar surface area (TPSA) is 92.4 Å². The number of hydrogen-bond donors (Lipinski definition) is 2. The molecule has 0 atom stereocenters. The van der Waals surface area contributed by atoms with E-state index in [1.165, 1.54) is 16.8 Å². The van der Waals surface area contributed by atoms with Crippen LogP contribution in [-0.2, 0) is 0 Å². The normalized spacial score (nSPS) is 18.9. The number of hydrogen-bond acceptors (Lipinski definition) is 6. The van der Waals surface area contributed by atoms with E-state index in [0.29, 0.717) is 30.8 Å². The molecular formula is C23H24F2N8O. The molecule has 11 heteroatoms. The lowest BCUT2D eigenvalue weighted by atomic mass is 9.96. The number of piperidine rings is 1. The summed E-state index contributed by atoms with van der Waals surface area (Å²) in [4.78, 5) is 19.1. The highest BCUT2D eigenvalue weighted by molar-refractivity contribution is 6.08. The number of amides is 1. The minimum absolute atomic E-state index is 0.0736. The van der Waals surface area contributed by atoms with E-state index in [1.807, 2.05) is 10.9 Å². The van der Waals surface area contributed by atoms with Crippen LogP contribution in [0.4, 0.5) is 14.5 Å². The monoisotopic (exact) mass is 466 g/mol. The Hall–Kier alpha value is -3.44. The summed E-state index contributed by atoms with van der Waals surface area (Å²) in [6, 6.07) is 4.81. The lowest BCUT2D eigenvalue weighted by Crippen LogP contribution is -2.62. The number of carbonyl (C=O) groups excluding carboxylic acids is 1. The Morgan fingerprint density at radius 3 is 2.85 bits per heavy atom. The molecule has 2 fully saturated rings. The van der Waals surface area contributed by atoms with Gasteiger partial charge in [-0.1, -0.05) is 0 Å². The summed E-state index contributed by atoms with van der Waals surface area (Å²) in [5, 5.41) is 15.0. The molecule has 0 unspecified atom stereocenters. The number of aromatic nitrogens is 5. The molecule has 0 saturated carbocycles. The summed E-state index contributed by atoms with van der Waals surface area (Å²) in [6.07, 6.45) is 8.25. The molecule has 1 amide bonds. The Bertz CT molecular complexity index is 1370. The van der Waals surface area contributed by atoms with Crippen molar-refractivity contribution in [2.24, 2.45) is 0 Å². The molecule has 0 radical (unpaired) electrons. The Morgan fingerprint density at radius 1 is 1.26 bits per heavy atom. The van der Waals surface area contributed by atoms with Crippen LogP contribution in [0.2, 0.25) is 0 Å². The second kappa shape index (κ2) is 8.10. The Labute approximate surface area is 193 Å². The van der Waals surface area contributed by atoms with Crippen LogP contribution in [0.1, 0.15) is 29.2 Å². The van der Waals surface area contributed by atoms with Gasteiger partial charge in [-0.05, 0) is 25.0 Å². The first-order valence-corrected chi connectivity index (χ1v) is 11.4. The van der Waals surface area contributed by atoms with E-state index >= 15 is 0 Å². The number of likely N-dealkylation sites (tertiary alicyclic amines) is 1. The van der Waals surface area contributed by atoms with E-state index < -0.39 is 17.4 Å². The van der Waals surface area contributed by atoms with Crippen LogP contribution in [0.25, 0.3) is 16.6 Å². The maximum absolute atomic E-state index is 14.8. The van der Waals surface area contributed by atoms with Gasteiger partial charge in [0.05, 0.1) is 23.4 Å². The number of halogens is 2. The van der Waals surface area contributed by atoms with Crippen molar-refractivity contribution < 1.29 is 13.6 Å². The van der Waals surface area contributed by atoms with Gasteiger partial charge in [0.2, 0.25) is 0 Å². The average molecular weight is 466 g/mol. The lowest BCUT2D eigenvalue weighted by Gasteiger charge is -2.41. The average Bonchev–Trinajstić information content (AvgIpc) is 3.43. The highest BCUT2D eigenvalue weighted by atomic mass is 19.1. The van der Waals surface area contributed by atoms with Crippen molar-refractivity contribution in [1.29, 1.82) is 0 Å². The summed E-state index contributed by atoms with van der Waals surface area (Å²) in [5.74, 6) is -1.05. The van der Waals surface area contributed by atoms with Crippen molar-refractivity contribution in [1.82, 2.24) is 34.6 Å². The highest BCUT2D eigenvalue weighted by Gasteiger charge is 2.39. The Morgan fingerprint density at radius 2 is 2.09 bits per heavy atom. The molecule has 5 heterocycles. The maximum Gasteiger partial charge on any atom is 0.261 e. The number of alkyl halides is 1. The molecule has 2 N–H and O–H groups in total. The van der Waals surface area contributed by atoms with Crippen molar-refractivity contribution >= 4 is 28.1 Å². The third kappa shape index (κ3) is 3.80. The van der Waals surface area contributed by atoms with Crippen molar-refractivity contribution in [2.75, 3.05) is 38.0 Å². The summed E-state index contributed by atoms with van der Waals surface area (Å²) in [7, 11) is 0. The minimum atomic E-state index is -1.11. The standard InChI is InChI=1S/C23H24F2N8O/c24-18-9-19-15(8-20(18)29-22(34)17-10-28-32-5-1-4-27-21(17)32)11-33(30-19)16-2-6-31(7-3-16)14-23(25)12-26-13-23/h1,4-5,8-11,16,26H,2-3,6-7,12-14H2,(H,29,34). The number of nitrogens with one attached hydrogen (secondary N) is 2. The van der Waals surface area contributed by atoms with Gasteiger partial charge < -0.3 is 10.6 Å². The molecule has 2 saturated heterocycles. The van der Waals surface area contributed by atoms with Crippen LogP contribution in [0.15, 0.2) is 43.0 Å². The van der Waals surface area contributed by atoms with Gasteiger partial charge >= 0.3 is 0 Å². The molecule has 3 aromatic heterocycles. The summed E-state index contributed by atoms with van der Waals surface area (Å²) in [5.41, 5.74) is 0.150. The predicted octanol–water partition coefficient (Wildman–Crippen LogP) is 2.42. The molecule has 1 aromatic carbocycles. The summed E-state index contributed by atoms with van der Waals surface area (Å²) < 4.78 is 32.5. The molecule has 4 aromatic rings. The molecule has 2 aliphatic rings. The fourth-order valence-electron chi connectivity index (χ4n) is 4.78. The van der Waals surface area contributed by atoms with Crippen LogP contribution >= 0.6 is 0 Å². The predicted molar refractivity (Wildman–Crippen MR) is 122 cm³/mol. The molecule has 0 bridgehead atoms. The Kier molecular flexibility index (Phi) is 5.03.